The van der Waals surface area contributed by atoms with Crippen molar-refractivity contribution in [3.63, 3.8) is 0 Å². The van der Waals surface area contributed by atoms with Crippen LogP contribution in [0, 0.1) is 5.92 Å². The van der Waals surface area contributed by atoms with E-state index in [9.17, 15) is 4.79 Å². The minimum atomic E-state index is -0.0101. The lowest BCUT2D eigenvalue weighted by molar-refractivity contribution is 0.0758. The molecule has 1 fully saturated rings. The number of hydrogen-bond acceptors (Lipinski definition) is 3. The Morgan fingerprint density at radius 1 is 1.37 bits per heavy atom. The average Bonchev–Trinajstić information content (AvgIpc) is 2.62. The van der Waals surface area contributed by atoms with E-state index in [4.69, 9.17) is 10.5 Å². The maximum Gasteiger partial charge on any atom is 0.259 e. The Morgan fingerprint density at radius 2 is 2.16 bits per heavy atom. The van der Waals surface area contributed by atoms with E-state index in [1.807, 2.05) is 4.90 Å². The third-order valence-corrected chi connectivity index (χ3v) is 3.80. The van der Waals surface area contributed by atoms with E-state index in [1.54, 1.807) is 25.3 Å². The summed E-state index contributed by atoms with van der Waals surface area (Å²) in [6.45, 7) is 3.85. The summed E-state index contributed by atoms with van der Waals surface area (Å²) < 4.78 is 5.26. The minimum Gasteiger partial charge on any atom is -0.496 e. The fourth-order valence-corrected chi connectivity index (χ4v) is 2.57. The van der Waals surface area contributed by atoms with Crippen LogP contribution in [0.2, 0.25) is 0 Å². The normalized spacial score (nSPS) is 19.9. The van der Waals surface area contributed by atoms with Crippen molar-refractivity contribution in [1.82, 2.24) is 4.90 Å². The van der Waals surface area contributed by atoms with Gasteiger partial charge in [-0.25, -0.2) is 0 Å². The summed E-state index contributed by atoms with van der Waals surface area (Å²) in [4.78, 5) is 14.5. The van der Waals surface area contributed by atoms with E-state index in [0.717, 1.165) is 25.9 Å². The standard InChI is InChI=1S/C15H22N2O2/c1-11-5-4-9-17(10-8-11)15(18)14-12(16)6-3-7-13(14)19-2/h3,6-7,11H,4-5,8-10,16H2,1-2H3. The molecule has 0 aromatic heterocycles. The molecule has 1 saturated heterocycles. The van der Waals surface area contributed by atoms with E-state index in [1.165, 1.54) is 6.42 Å². The molecule has 1 aliphatic rings. The lowest BCUT2D eigenvalue weighted by atomic mass is 10.0. The van der Waals surface area contributed by atoms with Crippen LogP contribution in [-0.2, 0) is 0 Å². The summed E-state index contributed by atoms with van der Waals surface area (Å²) in [6, 6.07) is 5.33. The van der Waals surface area contributed by atoms with Crippen molar-refractivity contribution in [1.29, 1.82) is 0 Å². The van der Waals surface area contributed by atoms with E-state index in [0.29, 0.717) is 22.9 Å². The molecule has 0 saturated carbocycles. The molecule has 19 heavy (non-hydrogen) atoms. The molecule has 1 aromatic rings. The number of likely N-dealkylation sites (tertiary alicyclic amines) is 1. The van der Waals surface area contributed by atoms with Crippen molar-refractivity contribution in [3.8, 4) is 5.75 Å². The highest BCUT2D eigenvalue weighted by molar-refractivity contribution is 6.01. The van der Waals surface area contributed by atoms with Gasteiger partial charge in [-0.1, -0.05) is 13.0 Å². The van der Waals surface area contributed by atoms with E-state index in [-0.39, 0.29) is 5.91 Å². The Hall–Kier alpha value is -1.71. The molecule has 2 rings (SSSR count). The summed E-state index contributed by atoms with van der Waals surface area (Å²) in [5.41, 5.74) is 6.93. The Labute approximate surface area is 114 Å². The second-order valence-electron chi connectivity index (χ2n) is 5.25. The number of ether oxygens (including phenoxy) is 1. The number of carbonyl (C=O) groups is 1. The van der Waals surface area contributed by atoms with Gasteiger partial charge in [0.1, 0.15) is 11.3 Å². The number of methoxy groups -OCH3 is 1. The molecule has 1 atom stereocenters. The molecule has 0 aliphatic carbocycles. The first-order chi connectivity index (χ1) is 9.13. The fourth-order valence-electron chi connectivity index (χ4n) is 2.57. The monoisotopic (exact) mass is 262 g/mol. The number of hydrogen-bond donors (Lipinski definition) is 1. The van der Waals surface area contributed by atoms with Crippen LogP contribution >= 0.6 is 0 Å². The van der Waals surface area contributed by atoms with E-state index >= 15 is 0 Å². The molecular weight excluding hydrogens is 240 g/mol. The van der Waals surface area contributed by atoms with Gasteiger partial charge in [-0.3, -0.25) is 4.79 Å². The van der Waals surface area contributed by atoms with Gasteiger partial charge >= 0.3 is 0 Å². The second-order valence-corrected chi connectivity index (χ2v) is 5.25. The average molecular weight is 262 g/mol. The number of amides is 1. The van der Waals surface area contributed by atoms with Crippen molar-refractivity contribution in [3.05, 3.63) is 23.8 Å². The quantitative estimate of drug-likeness (QED) is 0.833. The van der Waals surface area contributed by atoms with Crippen LogP contribution in [0.15, 0.2) is 18.2 Å². The lowest BCUT2D eigenvalue weighted by Gasteiger charge is -2.22. The molecule has 0 bridgehead atoms. The molecule has 0 spiro atoms. The lowest BCUT2D eigenvalue weighted by Crippen LogP contribution is -2.32. The number of carbonyl (C=O) groups excluding carboxylic acids is 1. The first kappa shape index (κ1) is 13.7. The van der Waals surface area contributed by atoms with Crippen LogP contribution in [0.5, 0.6) is 5.75 Å². The zero-order chi connectivity index (χ0) is 13.8. The largest absolute Gasteiger partial charge is 0.496 e. The maximum absolute atomic E-state index is 12.6. The molecule has 1 amide bonds. The maximum atomic E-state index is 12.6. The molecule has 2 N–H and O–H groups in total. The summed E-state index contributed by atoms with van der Waals surface area (Å²) in [7, 11) is 1.57. The molecule has 104 valence electrons. The van der Waals surface area contributed by atoms with Crippen molar-refractivity contribution in [2.24, 2.45) is 5.92 Å². The summed E-state index contributed by atoms with van der Waals surface area (Å²) >= 11 is 0. The smallest absolute Gasteiger partial charge is 0.259 e. The predicted molar refractivity (Wildman–Crippen MR) is 76.3 cm³/mol. The summed E-state index contributed by atoms with van der Waals surface area (Å²) in [5.74, 6) is 1.24. The number of benzene rings is 1. The van der Waals surface area contributed by atoms with Crippen molar-refractivity contribution >= 4 is 11.6 Å². The summed E-state index contributed by atoms with van der Waals surface area (Å²) in [5, 5.41) is 0. The van der Waals surface area contributed by atoms with Gasteiger partial charge in [-0.05, 0) is 37.3 Å². The van der Waals surface area contributed by atoms with Crippen LogP contribution in [-0.4, -0.2) is 31.0 Å². The SMILES string of the molecule is COc1cccc(N)c1C(=O)N1CCCC(C)CC1. The molecule has 4 nitrogen and oxygen atoms in total. The van der Waals surface area contributed by atoms with Crippen molar-refractivity contribution in [2.75, 3.05) is 25.9 Å². The van der Waals surface area contributed by atoms with Gasteiger partial charge in [0.2, 0.25) is 0 Å². The third kappa shape index (κ3) is 3.00. The Kier molecular flexibility index (Phi) is 4.30. The van der Waals surface area contributed by atoms with Gasteiger partial charge in [-0.2, -0.15) is 0 Å². The molecular formula is C15H22N2O2. The molecule has 1 aliphatic heterocycles. The molecule has 1 aromatic carbocycles. The van der Waals surface area contributed by atoms with Gasteiger partial charge in [-0.15, -0.1) is 0 Å². The van der Waals surface area contributed by atoms with Crippen LogP contribution in [0.3, 0.4) is 0 Å². The van der Waals surface area contributed by atoms with Crippen molar-refractivity contribution < 1.29 is 9.53 Å². The molecule has 1 unspecified atom stereocenters. The van der Waals surface area contributed by atoms with Gasteiger partial charge in [0.15, 0.2) is 0 Å². The van der Waals surface area contributed by atoms with Gasteiger partial charge in [0.05, 0.1) is 7.11 Å². The highest BCUT2D eigenvalue weighted by Crippen LogP contribution is 2.27. The third-order valence-electron chi connectivity index (χ3n) is 3.80. The highest BCUT2D eigenvalue weighted by Gasteiger charge is 2.24. The van der Waals surface area contributed by atoms with Gasteiger partial charge < -0.3 is 15.4 Å². The zero-order valence-electron chi connectivity index (χ0n) is 11.7. The first-order valence-corrected chi connectivity index (χ1v) is 6.85. The van der Waals surface area contributed by atoms with Gasteiger partial charge in [0, 0.05) is 18.8 Å². The molecule has 1 heterocycles. The van der Waals surface area contributed by atoms with E-state index < -0.39 is 0 Å². The van der Waals surface area contributed by atoms with Crippen LogP contribution in [0.4, 0.5) is 5.69 Å². The second kappa shape index (κ2) is 5.95. The highest BCUT2D eigenvalue weighted by atomic mass is 16.5. The summed E-state index contributed by atoms with van der Waals surface area (Å²) in [6.07, 6.45) is 3.30. The van der Waals surface area contributed by atoms with Gasteiger partial charge in [0.25, 0.3) is 5.91 Å². The van der Waals surface area contributed by atoms with Crippen molar-refractivity contribution in [2.45, 2.75) is 26.2 Å². The number of nitrogen functional groups attached to an aromatic ring is 1. The predicted octanol–water partition coefficient (Wildman–Crippen LogP) is 2.54. The Morgan fingerprint density at radius 3 is 2.89 bits per heavy atom. The molecule has 0 radical (unpaired) electrons. The van der Waals surface area contributed by atoms with Crippen LogP contribution in [0.25, 0.3) is 0 Å². The minimum absolute atomic E-state index is 0.0101. The Balaban J connectivity index is 2.24. The van der Waals surface area contributed by atoms with Crippen LogP contribution in [0.1, 0.15) is 36.5 Å². The number of nitrogens with two attached hydrogens (primary N) is 1. The number of rotatable bonds is 2. The topological polar surface area (TPSA) is 55.6 Å². The fraction of sp³-hybridized carbons (Fsp3) is 0.533. The first-order valence-electron chi connectivity index (χ1n) is 6.85. The zero-order valence-corrected chi connectivity index (χ0v) is 11.7. The van der Waals surface area contributed by atoms with Crippen LogP contribution < -0.4 is 10.5 Å². The number of nitrogens with zero attached hydrogens (tertiary/aromatic N) is 1. The van der Waals surface area contributed by atoms with E-state index in [2.05, 4.69) is 6.92 Å². The number of anilines is 1. The molecule has 4 heteroatoms. The Bertz CT molecular complexity index is 459.